The molecule has 0 saturated heterocycles. The summed E-state index contributed by atoms with van der Waals surface area (Å²) in [6, 6.07) is 10.5. The molecule has 0 radical (unpaired) electrons. The van der Waals surface area contributed by atoms with Crippen LogP contribution in [0.1, 0.15) is 39.3 Å². The second-order valence-corrected chi connectivity index (χ2v) is 8.14. The Bertz CT molecular complexity index is 1210. The number of aryl methyl sites for hydroxylation is 1. The van der Waals surface area contributed by atoms with Gasteiger partial charge in [-0.05, 0) is 60.7 Å². The molecule has 2 amide bonds. The number of rotatable bonds is 7. The van der Waals surface area contributed by atoms with E-state index in [0.717, 1.165) is 16.7 Å². The number of primary amides is 1. The molecule has 1 fully saturated rings. The lowest BCUT2D eigenvalue weighted by molar-refractivity contribution is 0.0933. The summed E-state index contributed by atoms with van der Waals surface area (Å²) in [5.41, 5.74) is 15.2. The molecular weight excluding hydrogens is 411 g/mol. The van der Waals surface area contributed by atoms with Crippen LogP contribution >= 0.6 is 0 Å². The highest BCUT2D eigenvalue weighted by molar-refractivity contribution is 6.04. The van der Waals surface area contributed by atoms with E-state index in [1.807, 2.05) is 19.1 Å². The minimum absolute atomic E-state index is 0.0268. The van der Waals surface area contributed by atoms with Crippen molar-refractivity contribution in [3.05, 3.63) is 59.4 Å². The van der Waals surface area contributed by atoms with Crippen LogP contribution in [0.4, 0.5) is 10.1 Å². The first-order chi connectivity index (χ1) is 15.2. The zero-order chi connectivity index (χ0) is 23.0. The van der Waals surface area contributed by atoms with Crippen molar-refractivity contribution in [2.75, 3.05) is 19.4 Å². The van der Waals surface area contributed by atoms with Crippen LogP contribution in [0, 0.1) is 6.92 Å². The number of halogens is 1. The molecule has 0 aliphatic heterocycles. The van der Waals surface area contributed by atoms with Crippen molar-refractivity contribution in [3.8, 4) is 28.0 Å². The van der Waals surface area contributed by atoms with Crippen LogP contribution in [0.2, 0.25) is 0 Å². The van der Waals surface area contributed by atoms with E-state index >= 15 is 0 Å². The number of amides is 2. The summed E-state index contributed by atoms with van der Waals surface area (Å²) in [6.07, 6.45) is 2.64. The monoisotopic (exact) mass is 436 g/mol. The van der Waals surface area contributed by atoms with Gasteiger partial charge in [0.1, 0.15) is 17.1 Å². The lowest BCUT2D eigenvalue weighted by atomic mass is 9.93. The predicted molar refractivity (Wildman–Crippen MR) is 121 cm³/mol. The fraction of sp³-hybridized carbons (Fsp3) is 0.250. The number of benzene rings is 2. The lowest BCUT2D eigenvalue weighted by Crippen LogP contribution is -2.31. The Hall–Kier alpha value is -3.81. The van der Waals surface area contributed by atoms with Gasteiger partial charge in [-0.15, -0.1) is 0 Å². The van der Waals surface area contributed by atoms with Crippen molar-refractivity contribution in [2.24, 2.45) is 5.73 Å². The van der Waals surface area contributed by atoms with Gasteiger partial charge in [-0.3, -0.25) is 9.59 Å². The molecule has 0 spiro atoms. The van der Waals surface area contributed by atoms with Crippen molar-refractivity contribution < 1.29 is 18.7 Å². The highest BCUT2D eigenvalue weighted by Gasteiger charge is 2.43. The molecule has 7 nitrogen and oxygen atoms in total. The molecule has 1 heterocycles. The third-order valence-electron chi connectivity index (χ3n) is 5.76. The van der Waals surface area contributed by atoms with Gasteiger partial charge in [-0.1, -0.05) is 12.1 Å². The number of nitrogen functional groups attached to an aromatic ring is 1. The Kier molecular flexibility index (Phi) is 5.38. The molecule has 166 valence electrons. The number of carbonyl (C=O) groups excluding carboxylic acids is 2. The zero-order valence-electron chi connectivity index (χ0n) is 17.9. The number of hydrogen-bond acceptors (Lipinski definition) is 4. The summed E-state index contributed by atoms with van der Waals surface area (Å²) in [4.78, 5) is 27.7. The molecule has 0 bridgehead atoms. The third kappa shape index (κ3) is 4.03. The topological polar surface area (TPSA) is 123 Å². The number of nitrogens with two attached hydrogens (primary N) is 2. The molecule has 1 saturated carbocycles. The maximum absolute atomic E-state index is 13.9. The summed E-state index contributed by atoms with van der Waals surface area (Å²) < 4.78 is 19.3. The number of hydrogen-bond donors (Lipinski definition) is 4. The second-order valence-electron chi connectivity index (χ2n) is 8.14. The molecule has 0 atom stereocenters. The lowest BCUT2D eigenvalue weighted by Gasteiger charge is -2.14. The van der Waals surface area contributed by atoms with E-state index in [-0.39, 0.29) is 17.8 Å². The Balaban J connectivity index is 1.76. The molecule has 0 unspecified atom stereocenters. The molecule has 6 N–H and O–H groups in total. The summed E-state index contributed by atoms with van der Waals surface area (Å²) in [7, 11) is 1.45. The Morgan fingerprint density at radius 2 is 1.94 bits per heavy atom. The van der Waals surface area contributed by atoms with Crippen molar-refractivity contribution in [2.45, 2.75) is 25.4 Å². The second kappa shape index (κ2) is 8.03. The minimum Gasteiger partial charge on any atom is -0.496 e. The van der Waals surface area contributed by atoms with Crippen LogP contribution in [0.5, 0.6) is 5.75 Å². The van der Waals surface area contributed by atoms with E-state index in [1.165, 1.54) is 7.11 Å². The number of ether oxygens (including phenoxy) is 1. The highest BCUT2D eigenvalue weighted by atomic mass is 19.1. The number of aromatic nitrogens is 1. The van der Waals surface area contributed by atoms with E-state index in [9.17, 15) is 14.0 Å². The fourth-order valence-corrected chi connectivity index (χ4v) is 3.80. The minimum atomic E-state index is -1.30. The van der Waals surface area contributed by atoms with Crippen molar-refractivity contribution in [1.82, 2.24) is 10.3 Å². The summed E-state index contributed by atoms with van der Waals surface area (Å²) in [5, 5.41) is 2.62. The van der Waals surface area contributed by atoms with E-state index in [2.05, 4.69) is 10.3 Å². The summed E-state index contributed by atoms with van der Waals surface area (Å²) >= 11 is 0. The van der Waals surface area contributed by atoms with E-state index in [0.29, 0.717) is 35.4 Å². The standard InChI is InChI=1S/C24H25FN4O3/c1-13-9-15(26)4-6-16(13)18-11-28-21(22(27)30)20(18)14-3-5-17(19(10-14)32-2)23(31)29-12-24(25)7-8-24/h3-6,9-11,28H,7-8,12,26H2,1-2H3,(H2,27,30)(H,29,31). The van der Waals surface area contributed by atoms with Crippen LogP contribution in [0.25, 0.3) is 22.3 Å². The van der Waals surface area contributed by atoms with Gasteiger partial charge < -0.3 is 26.5 Å². The van der Waals surface area contributed by atoms with Crippen molar-refractivity contribution in [1.29, 1.82) is 0 Å². The average molecular weight is 436 g/mol. The molecule has 32 heavy (non-hydrogen) atoms. The Labute approximate surface area is 185 Å². The maximum atomic E-state index is 13.9. The molecule has 1 aliphatic rings. The molecular formula is C24H25FN4O3. The number of carbonyl (C=O) groups is 2. The maximum Gasteiger partial charge on any atom is 0.265 e. The largest absolute Gasteiger partial charge is 0.496 e. The first-order valence-corrected chi connectivity index (χ1v) is 10.3. The fourth-order valence-electron chi connectivity index (χ4n) is 3.80. The van der Waals surface area contributed by atoms with Gasteiger partial charge in [-0.2, -0.15) is 0 Å². The van der Waals surface area contributed by atoms with Gasteiger partial charge in [0.05, 0.1) is 19.2 Å². The van der Waals surface area contributed by atoms with Gasteiger partial charge in [-0.25, -0.2) is 4.39 Å². The molecule has 1 aliphatic carbocycles. The molecule has 4 rings (SSSR count). The first kappa shape index (κ1) is 21.4. The van der Waals surface area contributed by atoms with Gasteiger partial charge >= 0.3 is 0 Å². The van der Waals surface area contributed by atoms with Gasteiger partial charge in [0.15, 0.2) is 0 Å². The molecule has 8 heteroatoms. The zero-order valence-corrected chi connectivity index (χ0v) is 17.9. The average Bonchev–Trinajstić information content (AvgIpc) is 3.33. The van der Waals surface area contributed by atoms with Gasteiger partial charge in [0, 0.05) is 23.0 Å². The normalized spacial score (nSPS) is 14.1. The summed E-state index contributed by atoms with van der Waals surface area (Å²) in [5.74, 6) is -0.728. The first-order valence-electron chi connectivity index (χ1n) is 10.3. The molecule has 3 aromatic rings. The van der Waals surface area contributed by atoms with Gasteiger partial charge in [0.2, 0.25) is 0 Å². The van der Waals surface area contributed by atoms with Crippen LogP contribution in [-0.2, 0) is 0 Å². The Morgan fingerprint density at radius 3 is 2.56 bits per heavy atom. The highest BCUT2D eigenvalue weighted by Crippen LogP contribution is 2.40. The number of aromatic amines is 1. The van der Waals surface area contributed by atoms with Crippen molar-refractivity contribution in [3.63, 3.8) is 0 Å². The SMILES string of the molecule is COc1cc(-c2c(-c3ccc(N)cc3C)c[nH]c2C(N)=O)ccc1C(=O)NCC1(F)CC1. The van der Waals surface area contributed by atoms with E-state index in [1.54, 1.807) is 30.5 Å². The van der Waals surface area contributed by atoms with E-state index in [4.69, 9.17) is 16.2 Å². The number of alkyl halides is 1. The van der Waals surface area contributed by atoms with Crippen LogP contribution in [0.15, 0.2) is 42.6 Å². The van der Waals surface area contributed by atoms with E-state index < -0.39 is 17.5 Å². The Morgan fingerprint density at radius 1 is 1.19 bits per heavy atom. The smallest absolute Gasteiger partial charge is 0.265 e. The molecule has 1 aromatic heterocycles. The number of methoxy groups -OCH3 is 1. The van der Waals surface area contributed by atoms with Crippen LogP contribution in [-0.4, -0.2) is 36.1 Å². The number of H-pyrrole nitrogens is 1. The summed E-state index contributed by atoms with van der Waals surface area (Å²) in [6.45, 7) is 1.90. The quantitative estimate of drug-likeness (QED) is 0.423. The number of nitrogens with one attached hydrogen (secondary N) is 2. The van der Waals surface area contributed by atoms with Gasteiger partial charge in [0.25, 0.3) is 11.8 Å². The third-order valence-corrected chi connectivity index (χ3v) is 5.76. The number of anilines is 1. The predicted octanol–water partition coefficient (Wildman–Crippen LogP) is 3.58. The van der Waals surface area contributed by atoms with Crippen molar-refractivity contribution >= 4 is 17.5 Å². The molecule has 2 aromatic carbocycles. The van der Waals surface area contributed by atoms with Crippen LogP contribution in [0.3, 0.4) is 0 Å². The van der Waals surface area contributed by atoms with Crippen LogP contribution < -0.4 is 21.5 Å².